The summed E-state index contributed by atoms with van der Waals surface area (Å²) in [6.07, 6.45) is 3.22. The topological polar surface area (TPSA) is 100 Å². The van der Waals surface area contributed by atoms with Gasteiger partial charge in [0, 0.05) is 25.8 Å². The fourth-order valence-corrected chi connectivity index (χ4v) is 3.85. The summed E-state index contributed by atoms with van der Waals surface area (Å²) in [4.78, 5) is 15.2. The van der Waals surface area contributed by atoms with Crippen LogP contribution in [0.1, 0.15) is 25.7 Å². The number of hydrogen-bond donors (Lipinski definition) is 3. The fourth-order valence-electron chi connectivity index (χ4n) is 3.85. The van der Waals surface area contributed by atoms with Gasteiger partial charge in [-0.15, -0.1) is 0 Å². The fraction of sp³-hybridized carbons (Fsp3) is 0.857. The van der Waals surface area contributed by atoms with Crippen LogP contribution in [-0.4, -0.2) is 60.7 Å². The Morgan fingerprint density at radius 2 is 2.00 bits per heavy atom. The Kier molecular flexibility index (Phi) is 4.03. The highest BCUT2D eigenvalue weighted by Gasteiger charge is 2.46. The van der Waals surface area contributed by atoms with Crippen molar-refractivity contribution < 1.29 is 14.7 Å². The van der Waals surface area contributed by atoms with Gasteiger partial charge in [-0.1, -0.05) is 5.16 Å². The standard InChI is InChI=1S/C14H24N4O3/c15-12(17-20)14(3-7-21-8-4-14)13(19)16-11-9-18-5-1-10(11)2-6-18/h10-11,20H,1-9H2,(H2,15,17)(H,16,19). The highest BCUT2D eigenvalue weighted by molar-refractivity contribution is 6.07. The Morgan fingerprint density at radius 3 is 2.52 bits per heavy atom. The van der Waals surface area contributed by atoms with Crippen molar-refractivity contribution in [3.8, 4) is 0 Å². The molecule has 0 radical (unpaired) electrons. The van der Waals surface area contributed by atoms with Crippen LogP contribution in [0.3, 0.4) is 0 Å². The first-order valence-corrected chi connectivity index (χ1v) is 7.75. The maximum atomic E-state index is 12.8. The first-order chi connectivity index (χ1) is 10.2. The predicted octanol–water partition coefficient (Wildman–Crippen LogP) is -0.260. The van der Waals surface area contributed by atoms with Gasteiger partial charge in [0.25, 0.3) is 0 Å². The third kappa shape index (κ3) is 2.60. The minimum Gasteiger partial charge on any atom is -0.409 e. The van der Waals surface area contributed by atoms with E-state index < -0.39 is 5.41 Å². The van der Waals surface area contributed by atoms with Crippen LogP contribution in [0.25, 0.3) is 0 Å². The third-order valence-electron chi connectivity index (χ3n) is 5.35. The second-order valence-electron chi connectivity index (χ2n) is 6.40. The number of nitrogens with one attached hydrogen (secondary N) is 1. The monoisotopic (exact) mass is 296 g/mol. The molecule has 7 nitrogen and oxygen atoms in total. The molecule has 1 atom stereocenters. The number of amidine groups is 1. The Labute approximate surface area is 124 Å². The molecule has 0 aromatic carbocycles. The van der Waals surface area contributed by atoms with Crippen molar-refractivity contribution in [2.45, 2.75) is 31.7 Å². The van der Waals surface area contributed by atoms with Crippen LogP contribution in [0.2, 0.25) is 0 Å². The van der Waals surface area contributed by atoms with Gasteiger partial charge in [-0.2, -0.15) is 0 Å². The number of amides is 1. The second kappa shape index (κ2) is 5.81. The smallest absolute Gasteiger partial charge is 0.234 e. The zero-order valence-corrected chi connectivity index (χ0v) is 12.3. The molecule has 4 rings (SSSR count). The number of carbonyl (C=O) groups is 1. The molecule has 4 aliphatic heterocycles. The lowest BCUT2D eigenvalue weighted by Crippen LogP contribution is -2.61. The molecule has 1 amide bonds. The zero-order chi connectivity index (χ0) is 14.9. The van der Waals surface area contributed by atoms with Gasteiger partial charge in [0.1, 0.15) is 5.41 Å². The van der Waals surface area contributed by atoms with E-state index in [2.05, 4.69) is 15.4 Å². The van der Waals surface area contributed by atoms with Crippen LogP contribution in [0.15, 0.2) is 5.16 Å². The van der Waals surface area contributed by atoms with Crippen molar-refractivity contribution in [3.05, 3.63) is 0 Å². The number of fused-ring (bicyclic) bond motifs is 3. The number of rotatable bonds is 3. The second-order valence-corrected chi connectivity index (χ2v) is 6.40. The number of nitrogens with zero attached hydrogens (tertiary/aromatic N) is 2. The minimum absolute atomic E-state index is 0.00424. The maximum Gasteiger partial charge on any atom is 0.234 e. The highest BCUT2D eigenvalue weighted by Crippen LogP contribution is 2.33. The number of hydrogen-bond acceptors (Lipinski definition) is 5. The summed E-state index contributed by atoms with van der Waals surface area (Å²) in [6, 6.07) is 0.186. The van der Waals surface area contributed by atoms with Crippen molar-refractivity contribution in [1.29, 1.82) is 0 Å². The quantitative estimate of drug-likeness (QED) is 0.288. The number of ether oxygens (including phenoxy) is 1. The van der Waals surface area contributed by atoms with Crippen molar-refractivity contribution in [2.24, 2.45) is 22.2 Å². The zero-order valence-electron chi connectivity index (χ0n) is 12.3. The van der Waals surface area contributed by atoms with E-state index in [0.717, 1.165) is 32.5 Å². The van der Waals surface area contributed by atoms with Crippen molar-refractivity contribution in [3.63, 3.8) is 0 Å². The predicted molar refractivity (Wildman–Crippen MR) is 77.0 cm³/mol. The molecule has 0 aliphatic carbocycles. The highest BCUT2D eigenvalue weighted by atomic mass is 16.5. The normalized spacial score (nSPS) is 35.4. The van der Waals surface area contributed by atoms with Crippen LogP contribution < -0.4 is 11.1 Å². The van der Waals surface area contributed by atoms with Crippen LogP contribution in [0, 0.1) is 11.3 Å². The molecule has 1 unspecified atom stereocenters. The molecule has 2 bridgehead atoms. The van der Waals surface area contributed by atoms with Crippen molar-refractivity contribution in [2.75, 3.05) is 32.8 Å². The number of oxime groups is 1. The summed E-state index contributed by atoms with van der Waals surface area (Å²) in [5, 5.41) is 15.3. The SMILES string of the molecule is NC(=NO)C1(C(=O)NC2CN3CCC2CC3)CCOCC1. The Bertz CT molecular complexity index is 426. The van der Waals surface area contributed by atoms with Gasteiger partial charge in [0.15, 0.2) is 5.84 Å². The van der Waals surface area contributed by atoms with E-state index in [4.69, 9.17) is 15.7 Å². The summed E-state index contributed by atoms with van der Waals surface area (Å²) in [7, 11) is 0. The van der Waals surface area contributed by atoms with E-state index in [-0.39, 0.29) is 17.8 Å². The Morgan fingerprint density at radius 1 is 1.33 bits per heavy atom. The van der Waals surface area contributed by atoms with Gasteiger partial charge in [-0.3, -0.25) is 4.79 Å². The Hall–Kier alpha value is -1.34. The van der Waals surface area contributed by atoms with Crippen LogP contribution in [0.5, 0.6) is 0 Å². The lowest BCUT2D eigenvalue weighted by molar-refractivity contribution is -0.133. The maximum absolute atomic E-state index is 12.8. The summed E-state index contributed by atoms with van der Waals surface area (Å²) in [5.41, 5.74) is 4.92. The van der Waals surface area contributed by atoms with Crippen molar-refractivity contribution >= 4 is 11.7 Å². The van der Waals surface area contributed by atoms with Gasteiger partial charge in [0.05, 0.1) is 0 Å². The average molecular weight is 296 g/mol. The van der Waals surface area contributed by atoms with Gasteiger partial charge in [-0.25, -0.2) is 0 Å². The summed E-state index contributed by atoms with van der Waals surface area (Å²) in [6.45, 7) is 4.11. The summed E-state index contributed by atoms with van der Waals surface area (Å²) in [5.74, 6) is 0.451. The lowest BCUT2D eigenvalue weighted by Gasteiger charge is -2.46. The van der Waals surface area contributed by atoms with E-state index in [9.17, 15) is 4.79 Å². The summed E-state index contributed by atoms with van der Waals surface area (Å²) >= 11 is 0. The number of carbonyl (C=O) groups excluding carboxylic acids is 1. The van der Waals surface area contributed by atoms with Gasteiger partial charge < -0.3 is 25.9 Å². The first kappa shape index (κ1) is 14.6. The number of piperidine rings is 3. The van der Waals surface area contributed by atoms with Crippen LogP contribution in [0.4, 0.5) is 0 Å². The van der Waals surface area contributed by atoms with Gasteiger partial charge in [-0.05, 0) is 44.7 Å². The molecule has 4 saturated heterocycles. The molecule has 4 aliphatic rings. The van der Waals surface area contributed by atoms with Crippen LogP contribution in [-0.2, 0) is 9.53 Å². The molecular weight excluding hydrogens is 272 g/mol. The molecule has 7 heteroatoms. The minimum atomic E-state index is -0.918. The average Bonchev–Trinajstić information content (AvgIpc) is 2.55. The van der Waals surface area contributed by atoms with Crippen molar-refractivity contribution in [1.82, 2.24) is 10.2 Å². The molecule has 4 fully saturated rings. The van der Waals surface area contributed by atoms with E-state index in [1.54, 1.807) is 0 Å². The molecule has 0 saturated carbocycles. The van der Waals surface area contributed by atoms with Crippen LogP contribution >= 0.6 is 0 Å². The first-order valence-electron chi connectivity index (χ1n) is 7.75. The summed E-state index contributed by atoms with van der Waals surface area (Å²) < 4.78 is 5.33. The molecule has 0 aromatic heterocycles. The largest absolute Gasteiger partial charge is 0.409 e. The van der Waals surface area contributed by atoms with E-state index >= 15 is 0 Å². The van der Waals surface area contributed by atoms with E-state index in [1.165, 1.54) is 0 Å². The number of nitrogens with two attached hydrogens (primary N) is 1. The van der Waals surface area contributed by atoms with E-state index in [0.29, 0.717) is 32.0 Å². The lowest BCUT2D eigenvalue weighted by atomic mass is 9.77. The molecule has 0 aromatic rings. The third-order valence-corrected chi connectivity index (χ3v) is 5.35. The molecule has 118 valence electrons. The molecular formula is C14H24N4O3. The molecule has 21 heavy (non-hydrogen) atoms. The molecule has 0 spiro atoms. The molecule has 4 heterocycles. The van der Waals surface area contributed by atoms with Gasteiger partial charge in [0.2, 0.25) is 5.91 Å². The molecule has 4 N–H and O–H groups in total. The van der Waals surface area contributed by atoms with Gasteiger partial charge >= 0.3 is 0 Å². The Balaban J connectivity index is 1.72. The van der Waals surface area contributed by atoms with E-state index in [1.807, 2.05) is 0 Å².